The van der Waals surface area contributed by atoms with Crippen LogP contribution in [0.5, 0.6) is 0 Å². The lowest BCUT2D eigenvalue weighted by Crippen LogP contribution is -2.38. The zero-order valence-corrected chi connectivity index (χ0v) is 15.5. The third-order valence-corrected chi connectivity index (χ3v) is 4.85. The Labute approximate surface area is 159 Å². The van der Waals surface area contributed by atoms with Crippen LogP contribution >= 0.6 is 0 Å². The molecule has 3 atom stereocenters. The number of amides is 1. The van der Waals surface area contributed by atoms with E-state index in [0.717, 1.165) is 18.4 Å². The topological polar surface area (TPSA) is 67.9 Å². The van der Waals surface area contributed by atoms with Crippen LogP contribution in [-0.2, 0) is 31.9 Å². The zero-order chi connectivity index (χ0) is 19.1. The number of epoxide rings is 1. The number of rotatable bonds is 9. The number of aryl methyl sites for hydroxylation is 1. The van der Waals surface area contributed by atoms with Gasteiger partial charge in [0.25, 0.3) is 0 Å². The lowest BCUT2D eigenvalue weighted by Gasteiger charge is -2.15. The minimum atomic E-state index is -0.459. The number of hydrogen-bond acceptors (Lipinski definition) is 4. The molecular formula is C22H25NO4. The minimum absolute atomic E-state index is 0.0720. The average Bonchev–Trinajstić information content (AvgIpc) is 3.49. The summed E-state index contributed by atoms with van der Waals surface area (Å²) in [6.45, 7) is -0.123. The maximum Gasteiger partial charge on any atom is 0.325 e. The Morgan fingerprint density at radius 1 is 1.04 bits per heavy atom. The molecule has 5 nitrogen and oxygen atoms in total. The fraction of sp³-hybridized carbons (Fsp3) is 0.364. The molecule has 1 fully saturated rings. The van der Waals surface area contributed by atoms with Crippen LogP contribution in [0.15, 0.2) is 60.7 Å². The standard InChI is InChI=1S/C22H25NO4/c1-26-20(24)15-23-22(25)18(14-17-10-6-3-7-11-17)21-19(27-21)13-12-16-8-4-2-5-9-16/h2-11,18-19,21H,12-15H2,1H3,(H,23,25)/t18-,19-,21+/m1/s1. The van der Waals surface area contributed by atoms with E-state index in [1.165, 1.54) is 12.7 Å². The predicted octanol–water partition coefficient (Wildman–Crippen LogP) is 2.53. The van der Waals surface area contributed by atoms with Gasteiger partial charge in [0.15, 0.2) is 0 Å². The summed E-state index contributed by atoms with van der Waals surface area (Å²) in [6.07, 6.45) is 2.34. The van der Waals surface area contributed by atoms with Gasteiger partial charge in [-0.05, 0) is 30.4 Å². The van der Waals surface area contributed by atoms with Gasteiger partial charge in [-0.15, -0.1) is 0 Å². The van der Waals surface area contributed by atoms with Crippen LogP contribution < -0.4 is 5.32 Å². The number of ether oxygens (including phenoxy) is 2. The maximum atomic E-state index is 12.7. The van der Waals surface area contributed by atoms with Crippen LogP contribution in [0.1, 0.15) is 17.5 Å². The summed E-state index contributed by atoms with van der Waals surface area (Å²) in [5, 5.41) is 2.68. The van der Waals surface area contributed by atoms with Gasteiger partial charge < -0.3 is 14.8 Å². The molecule has 0 aromatic heterocycles. The highest BCUT2D eigenvalue weighted by molar-refractivity contribution is 5.84. The minimum Gasteiger partial charge on any atom is -0.468 e. The normalized spacial score (nSPS) is 19.1. The number of esters is 1. The maximum absolute atomic E-state index is 12.7. The zero-order valence-electron chi connectivity index (χ0n) is 15.5. The summed E-state index contributed by atoms with van der Waals surface area (Å²) in [5.41, 5.74) is 2.34. The van der Waals surface area contributed by atoms with Gasteiger partial charge in [0.2, 0.25) is 5.91 Å². The van der Waals surface area contributed by atoms with Crippen LogP contribution in [-0.4, -0.2) is 37.7 Å². The van der Waals surface area contributed by atoms with Crippen molar-refractivity contribution in [2.45, 2.75) is 31.5 Å². The highest BCUT2D eigenvalue weighted by Crippen LogP contribution is 2.35. The second-order valence-electron chi connectivity index (χ2n) is 6.75. The van der Waals surface area contributed by atoms with Gasteiger partial charge >= 0.3 is 5.97 Å². The van der Waals surface area contributed by atoms with E-state index < -0.39 is 5.97 Å². The molecule has 0 saturated carbocycles. The first-order valence-electron chi connectivity index (χ1n) is 9.25. The summed E-state index contributed by atoms with van der Waals surface area (Å²) in [7, 11) is 1.31. The molecule has 0 radical (unpaired) electrons. The van der Waals surface area contributed by atoms with Crippen LogP contribution in [0.25, 0.3) is 0 Å². The van der Waals surface area contributed by atoms with Crippen LogP contribution in [0.3, 0.4) is 0 Å². The molecule has 142 valence electrons. The summed E-state index contributed by atoms with van der Waals surface area (Å²) < 4.78 is 10.4. The van der Waals surface area contributed by atoms with E-state index >= 15 is 0 Å². The third kappa shape index (κ3) is 5.66. The van der Waals surface area contributed by atoms with Crippen molar-refractivity contribution in [3.63, 3.8) is 0 Å². The van der Waals surface area contributed by atoms with E-state index in [2.05, 4.69) is 22.2 Å². The molecule has 1 N–H and O–H groups in total. The molecule has 1 amide bonds. The van der Waals surface area contributed by atoms with Crippen molar-refractivity contribution in [3.05, 3.63) is 71.8 Å². The number of nitrogens with one attached hydrogen (secondary N) is 1. The molecule has 5 heteroatoms. The van der Waals surface area contributed by atoms with Crippen molar-refractivity contribution in [3.8, 4) is 0 Å². The van der Waals surface area contributed by atoms with Gasteiger partial charge in [-0.2, -0.15) is 0 Å². The van der Waals surface area contributed by atoms with Gasteiger partial charge in [-0.3, -0.25) is 9.59 Å². The van der Waals surface area contributed by atoms with E-state index in [9.17, 15) is 9.59 Å². The molecule has 1 aliphatic heterocycles. The van der Waals surface area contributed by atoms with E-state index in [-0.39, 0.29) is 30.6 Å². The second-order valence-corrected chi connectivity index (χ2v) is 6.75. The number of methoxy groups -OCH3 is 1. The van der Waals surface area contributed by atoms with E-state index in [1.807, 2.05) is 48.5 Å². The van der Waals surface area contributed by atoms with Crippen molar-refractivity contribution < 1.29 is 19.1 Å². The number of carbonyl (C=O) groups excluding carboxylic acids is 2. The molecule has 0 spiro atoms. The van der Waals surface area contributed by atoms with Gasteiger partial charge in [-0.25, -0.2) is 0 Å². The fourth-order valence-corrected chi connectivity index (χ4v) is 3.28. The highest BCUT2D eigenvalue weighted by Gasteiger charge is 2.47. The predicted molar refractivity (Wildman–Crippen MR) is 102 cm³/mol. The Kier molecular flexibility index (Phi) is 6.60. The first kappa shape index (κ1) is 19.1. The van der Waals surface area contributed by atoms with Crippen LogP contribution in [0.4, 0.5) is 0 Å². The number of carbonyl (C=O) groups is 2. The Balaban J connectivity index is 1.59. The molecule has 0 bridgehead atoms. The van der Waals surface area contributed by atoms with Crippen molar-refractivity contribution in [1.82, 2.24) is 5.32 Å². The smallest absolute Gasteiger partial charge is 0.325 e. The Bertz CT molecular complexity index is 747. The summed E-state index contributed by atoms with van der Waals surface area (Å²) in [4.78, 5) is 24.0. The molecule has 3 rings (SSSR count). The molecule has 1 saturated heterocycles. The Hall–Kier alpha value is -2.66. The molecule has 27 heavy (non-hydrogen) atoms. The van der Waals surface area contributed by atoms with E-state index in [4.69, 9.17) is 4.74 Å². The summed E-state index contributed by atoms with van der Waals surface area (Å²) in [5.74, 6) is -0.951. The van der Waals surface area contributed by atoms with Gasteiger partial charge in [-0.1, -0.05) is 60.7 Å². The molecule has 1 aliphatic rings. The highest BCUT2D eigenvalue weighted by atomic mass is 16.6. The van der Waals surface area contributed by atoms with Crippen molar-refractivity contribution in [1.29, 1.82) is 0 Å². The quantitative estimate of drug-likeness (QED) is 0.546. The molecule has 2 aromatic rings. The summed E-state index contributed by atoms with van der Waals surface area (Å²) >= 11 is 0. The monoisotopic (exact) mass is 367 g/mol. The Morgan fingerprint density at radius 3 is 2.30 bits per heavy atom. The molecular weight excluding hydrogens is 342 g/mol. The number of benzene rings is 2. The van der Waals surface area contributed by atoms with Gasteiger partial charge in [0.1, 0.15) is 6.54 Å². The van der Waals surface area contributed by atoms with Gasteiger partial charge in [0.05, 0.1) is 25.2 Å². The summed E-state index contributed by atoms with van der Waals surface area (Å²) in [6, 6.07) is 20.1. The second kappa shape index (κ2) is 9.33. The lowest BCUT2D eigenvalue weighted by molar-refractivity contribution is -0.141. The van der Waals surface area contributed by atoms with Crippen molar-refractivity contribution in [2.75, 3.05) is 13.7 Å². The molecule has 0 unspecified atom stereocenters. The van der Waals surface area contributed by atoms with Crippen molar-refractivity contribution >= 4 is 11.9 Å². The van der Waals surface area contributed by atoms with Gasteiger partial charge in [0, 0.05) is 0 Å². The molecule has 0 aliphatic carbocycles. The molecule has 2 aromatic carbocycles. The lowest BCUT2D eigenvalue weighted by atomic mass is 9.92. The number of hydrogen-bond donors (Lipinski definition) is 1. The third-order valence-electron chi connectivity index (χ3n) is 4.85. The average molecular weight is 367 g/mol. The molecule has 1 heterocycles. The first-order chi connectivity index (χ1) is 13.2. The van der Waals surface area contributed by atoms with E-state index in [0.29, 0.717) is 6.42 Å². The SMILES string of the molecule is COC(=O)CNC(=O)[C@H](Cc1ccccc1)[C@@H]1O[C@@H]1CCc1ccccc1. The van der Waals surface area contributed by atoms with Crippen molar-refractivity contribution in [2.24, 2.45) is 5.92 Å². The Morgan fingerprint density at radius 2 is 1.67 bits per heavy atom. The largest absolute Gasteiger partial charge is 0.468 e. The fourth-order valence-electron chi connectivity index (χ4n) is 3.28. The van der Waals surface area contributed by atoms with Crippen LogP contribution in [0.2, 0.25) is 0 Å². The first-order valence-corrected chi connectivity index (χ1v) is 9.25. The van der Waals surface area contributed by atoms with E-state index in [1.54, 1.807) is 0 Å². The van der Waals surface area contributed by atoms with Crippen LogP contribution in [0, 0.1) is 5.92 Å².